The second-order valence-electron chi connectivity index (χ2n) is 11.2. The Balaban J connectivity index is 1.54. The minimum absolute atomic E-state index is 0.770. The lowest BCUT2D eigenvalue weighted by Crippen LogP contribution is -2.43. The van der Waals surface area contributed by atoms with Crippen LogP contribution < -0.4 is 10.6 Å². The third-order valence-electron chi connectivity index (χ3n) is 7.96. The molecule has 0 heterocycles. The predicted molar refractivity (Wildman–Crippen MR) is 125 cm³/mol. The Labute approximate surface area is 177 Å². The van der Waals surface area contributed by atoms with Crippen molar-refractivity contribution in [3.63, 3.8) is 0 Å². The van der Waals surface area contributed by atoms with Gasteiger partial charge in [0, 0.05) is 12.1 Å². The number of rotatable bonds is 11. The Morgan fingerprint density at radius 2 is 1.00 bits per heavy atom. The summed E-state index contributed by atoms with van der Waals surface area (Å²) in [5.41, 5.74) is 0. The van der Waals surface area contributed by atoms with Crippen LogP contribution >= 0.6 is 0 Å². The topological polar surface area (TPSA) is 24.1 Å². The molecule has 28 heavy (non-hydrogen) atoms. The van der Waals surface area contributed by atoms with Crippen LogP contribution in [0, 0.1) is 35.5 Å². The quantitative estimate of drug-likeness (QED) is 0.385. The average Bonchev–Trinajstić information content (AvgIpc) is 2.63. The maximum atomic E-state index is 3.93. The summed E-state index contributed by atoms with van der Waals surface area (Å²) in [5, 5.41) is 7.87. The van der Waals surface area contributed by atoms with Crippen LogP contribution in [-0.2, 0) is 0 Å². The molecule has 2 nitrogen and oxygen atoms in total. The fourth-order valence-electron chi connectivity index (χ4n) is 6.05. The first-order chi connectivity index (χ1) is 13.4. The highest BCUT2D eigenvalue weighted by atomic mass is 14.9. The zero-order valence-corrected chi connectivity index (χ0v) is 20.1. The van der Waals surface area contributed by atoms with E-state index < -0.39 is 0 Å². The van der Waals surface area contributed by atoms with Crippen LogP contribution in [0.25, 0.3) is 0 Å². The molecule has 0 saturated heterocycles. The zero-order valence-electron chi connectivity index (χ0n) is 20.1. The van der Waals surface area contributed by atoms with Crippen LogP contribution in [0.2, 0.25) is 0 Å². The molecule has 0 amide bonds. The molecule has 0 aromatic rings. The van der Waals surface area contributed by atoms with Crippen LogP contribution in [0.4, 0.5) is 0 Å². The van der Waals surface area contributed by atoms with Gasteiger partial charge in [0.15, 0.2) is 0 Å². The molecule has 6 atom stereocenters. The molecule has 6 unspecified atom stereocenters. The Morgan fingerprint density at radius 3 is 1.36 bits per heavy atom. The maximum Gasteiger partial charge on any atom is 0.0100 e. The summed E-state index contributed by atoms with van der Waals surface area (Å²) >= 11 is 0. The molecular weight excluding hydrogens is 340 g/mol. The Hall–Kier alpha value is -0.0800. The zero-order chi connectivity index (χ0) is 20.5. The lowest BCUT2D eigenvalue weighted by atomic mass is 9.74. The Kier molecular flexibility index (Phi) is 10.9. The molecule has 0 bridgehead atoms. The van der Waals surface area contributed by atoms with Gasteiger partial charge >= 0.3 is 0 Å². The smallest absolute Gasteiger partial charge is 0.0100 e. The largest absolute Gasteiger partial charge is 0.314 e. The van der Waals surface area contributed by atoms with Crippen molar-refractivity contribution in [1.82, 2.24) is 10.6 Å². The molecule has 2 aliphatic rings. The Morgan fingerprint density at radius 1 is 0.607 bits per heavy atom. The summed E-state index contributed by atoms with van der Waals surface area (Å²) in [6.45, 7) is 17.0. The molecule has 0 aromatic heterocycles. The predicted octanol–water partition coefficient (Wildman–Crippen LogP) is 6.65. The van der Waals surface area contributed by atoms with Crippen LogP contribution in [0.5, 0.6) is 0 Å². The highest BCUT2D eigenvalue weighted by molar-refractivity contribution is 4.86. The van der Waals surface area contributed by atoms with E-state index in [9.17, 15) is 0 Å². The molecule has 0 radical (unpaired) electrons. The van der Waals surface area contributed by atoms with Gasteiger partial charge in [-0.05, 0) is 87.1 Å². The second kappa shape index (κ2) is 12.6. The number of nitrogens with one attached hydrogen (secondary N) is 2. The maximum absolute atomic E-state index is 3.93. The summed E-state index contributed by atoms with van der Waals surface area (Å²) in [4.78, 5) is 0. The number of hydrogen-bond acceptors (Lipinski definition) is 2. The first-order valence-electron chi connectivity index (χ1n) is 12.8. The van der Waals surface area contributed by atoms with E-state index in [4.69, 9.17) is 0 Å². The molecule has 2 rings (SSSR count). The highest BCUT2D eigenvalue weighted by Crippen LogP contribution is 2.34. The van der Waals surface area contributed by atoms with Crippen molar-refractivity contribution >= 4 is 0 Å². The van der Waals surface area contributed by atoms with Crippen molar-refractivity contribution in [2.75, 3.05) is 13.1 Å². The normalized spacial score (nSPS) is 34.3. The van der Waals surface area contributed by atoms with Gasteiger partial charge in [-0.3, -0.25) is 0 Å². The lowest BCUT2D eigenvalue weighted by Gasteiger charge is -2.38. The first kappa shape index (κ1) is 24.2. The van der Waals surface area contributed by atoms with Crippen molar-refractivity contribution in [3.8, 4) is 0 Å². The van der Waals surface area contributed by atoms with Gasteiger partial charge in [0.25, 0.3) is 0 Å². The fraction of sp³-hybridized carbons (Fsp3) is 1.00. The third kappa shape index (κ3) is 7.98. The van der Waals surface area contributed by atoms with Gasteiger partial charge in [0.1, 0.15) is 0 Å². The van der Waals surface area contributed by atoms with Crippen molar-refractivity contribution < 1.29 is 0 Å². The molecule has 2 aliphatic carbocycles. The third-order valence-corrected chi connectivity index (χ3v) is 7.96. The van der Waals surface area contributed by atoms with Gasteiger partial charge in [-0.2, -0.15) is 0 Å². The summed E-state index contributed by atoms with van der Waals surface area (Å²) in [7, 11) is 0. The van der Waals surface area contributed by atoms with Crippen molar-refractivity contribution in [2.24, 2.45) is 35.5 Å². The first-order valence-corrected chi connectivity index (χ1v) is 12.8. The number of hydrogen-bond donors (Lipinski definition) is 2. The van der Waals surface area contributed by atoms with E-state index in [1.54, 1.807) is 0 Å². The molecule has 166 valence electrons. The van der Waals surface area contributed by atoms with Gasteiger partial charge in [0.2, 0.25) is 0 Å². The molecule has 2 heteroatoms. The SMILES string of the molecule is CC1CCC(C(C)C)C(NCCCCCCNC2CC(C)CCC2C(C)C)C1. The molecule has 0 aromatic carbocycles. The van der Waals surface area contributed by atoms with Gasteiger partial charge < -0.3 is 10.6 Å². The van der Waals surface area contributed by atoms with E-state index in [-0.39, 0.29) is 0 Å². The van der Waals surface area contributed by atoms with Crippen LogP contribution in [0.15, 0.2) is 0 Å². The average molecular weight is 393 g/mol. The van der Waals surface area contributed by atoms with Gasteiger partial charge in [-0.1, -0.05) is 67.2 Å². The molecule has 2 N–H and O–H groups in total. The molecule has 0 spiro atoms. The second-order valence-corrected chi connectivity index (χ2v) is 11.2. The van der Waals surface area contributed by atoms with Gasteiger partial charge in [-0.25, -0.2) is 0 Å². The molecular formula is C26H52N2. The van der Waals surface area contributed by atoms with Gasteiger partial charge in [0.05, 0.1) is 0 Å². The molecule has 0 aliphatic heterocycles. The van der Waals surface area contributed by atoms with E-state index >= 15 is 0 Å². The van der Waals surface area contributed by atoms with E-state index in [0.29, 0.717) is 0 Å². The van der Waals surface area contributed by atoms with Crippen molar-refractivity contribution in [1.29, 1.82) is 0 Å². The number of unbranched alkanes of at least 4 members (excludes halogenated alkanes) is 3. The fourth-order valence-corrected chi connectivity index (χ4v) is 6.05. The van der Waals surface area contributed by atoms with E-state index in [2.05, 4.69) is 52.2 Å². The van der Waals surface area contributed by atoms with E-state index in [0.717, 1.165) is 47.6 Å². The molecule has 2 fully saturated rings. The van der Waals surface area contributed by atoms with Crippen molar-refractivity contribution in [2.45, 2.75) is 118 Å². The minimum atomic E-state index is 0.770. The van der Waals surface area contributed by atoms with Crippen LogP contribution in [-0.4, -0.2) is 25.2 Å². The Bertz CT molecular complexity index is 367. The highest BCUT2D eigenvalue weighted by Gasteiger charge is 2.31. The minimum Gasteiger partial charge on any atom is -0.314 e. The standard InChI is InChI=1S/C26H52N2/c1-19(2)23-13-11-21(5)17-25(23)27-15-9-7-8-10-16-28-26-18-22(6)12-14-24(26)20(3)4/h19-28H,7-18H2,1-6H3. The van der Waals surface area contributed by atoms with Crippen LogP contribution in [0.3, 0.4) is 0 Å². The summed E-state index contributed by atoms with van der Waals surface area (Å²) in [5.74, 6) is 5.27. The van der Waals surface area contributed by atoms with E-state index in [1.807, 2.05) is 0 Å². The van der Waals surface area contributed by atoms with Crippen molar-refractivity contribution in [3.05, 3.63) is 0 Å². The van der Waals surface area contributed by atoms with E-state index in [1.165, 1.54) is 77.3 Å². The van der Waals surface area contributed by atoms with Crippen LogP contribution in [0.1, 0.15) is 106 Å². The monoisotopic (exact) mass is 392 g/mol. The summed E-state index contributed by atoms with van der Waals surface area (Å²) < 4.78 is 0. The lowest BCUT2D eigenvalue weighted by molar-refractivity contribution is 0.168. The van der Waals surface area contributed by atoms with Gasteiger partial charge in [-0.15, -0.1) is 0 Å². The summed E-state index contributed by atoms with van der Waals surface area (Å²) in [6, 6.07) is 1.54. The summed E-state index contributed by atoms with van der Waals surface area (Å²) in [6.07, 6.45) is 14.0. The molecule has 2 saturated carbocycles.